The standard InChI is InChI=1S/C20H24N6O4/c1-25-18-13(9-21-25)20(29)24-17(23-18)11-26-8-7-15(27)14(10-26)22-19(28)12-5-3-4-6-16(12)30-2/h3-6,9,14-15,27H,7-8,10-11H2,1-2H3,(H,22,28)(H,23,24,29)/t14-,15+/m1/s1. The van der Waals surface area contributed by atoms with Gasteiger partial charge in [0.25, 0.3) is 11.5 Å². The van der Waals surface area contributed by atoms with E-state index < -0.39 is 12.1 Å². The molecule has 3 aromatic rings. The van der Waals surface area contributed by atoms with E-state index in [2.05, 4.69) is 20.4 Å². The van der Waals surface area contributed by atoms with Crippen LogP contribution in [0.4, 0.5) is 0 Å². The van der Waals surface area contributed by atoms with E-state index in [1.54, 1.807) is 36.0 Å². The van der Waals surface area contributed by atoms with Gasteiger partial charge in [-0.1, -0.05) is 12.1 Å². The van der Waals surface area contributed by atoms with E-state index in [4.69, 9.17) is 4.74 Å². The van der Waals surface area contributed by atoms with E-state index >= 15 is 0 Å². The molecule has 4 rings (SSSR count). The van der Waals surface area contributed by atoms with E-state index in [1.165, 1.54) is 13.3 Å². The van der Waals surface area contributed by atoms with Gasteiger partial charge in [-0.25, -0.2) is 4.98 Å². The number of aliphatic hydroxyl groups is 1. The van der Waals surface area contributed by atoms with Gasteiger partial charge < -0.3 is 20.1 Å². The van der Waals surface area contributed by atoms with Gasteiger partial charge in [-0.3, -0.25) is 19.2 Å². The first-order valence-electron chi connectivity index (χ1n) is 9.71. The van der Waals surface area contributed by atoms with Crippen LogP contribution in [0.15, 0.2) is 35.3 Å². The molecule has 0 radical (unpaired) electrons. The molecule has 1 fully saturated rings. The normalized spacial score (nSPS) is 19.7. The number of fused-ring (bicyclic) bond motifs is 1. The summed E-state index contributed by atoms with van der Waals surface area (Å²) in [6.07, 6.45) is 1.33. The molecule has 1 aromatic carbocycles. The van der Waals surface area contributed by atoms with Crippen LogP contribution in [-0.4, -0.2) is 68.0 Å². The maximum Gasteiger partial charge on any atom is 0.262 e. The van der Waals surface area contributed by atoms with Crippen molar-refractivity contribution in [1.29, 1.82) is 0 Å². The molecule has 158 valence electrons. The number of para-hydroxylation sites is 1. The second-order valence-corrected chi connectivity index (χ2v) is 7.39. The molecular formula is C20H24N6O4. The zero-order valence-electron chi connectivity index (χ0n) is 16.8. The Balaban J connectivity index is 1.48. The van der Waals surface area contributed by atoms with E-state index in [9.17, 15) is 14.7 Å². The van der Waals surface area contributed by atoms with Gasteiger partial charge in [0.05, 0.1) is 37.6 Å². The minimum Gasteiger partial charge on any atom is -0.496 e. The Hall–Kier alpha value is -3.24. The molecule has 10 heteroatoms. The molecule has 30 heavy (non-hydrogen) atoms. The summed E-state index contributed by atoms with van der Waals surface area (Å²) in [6.45, 7) is 1.44. The van der Waals surface area contributed by atoms with Crippen LogP contribution >= 0.6 is 0 Å². The van der Waals surface area contributed by atoms with E-state index in [-0.39, 0.29) is 11.5 Å². The number of aliphatic hydroxyl groups excluding tert-OH is 1. The molecule has 3 N–H and O–H groups in total. The van der Waals surface area contributed by atoms with Crippen molar-refractivity contribution in [3.05, 3.63) is 52.2 Å². The molecule has 10 nitrogen and oxygen atoms in total. The zero-order valence-corrected chi connectivity index (χ0v) is 16.8. The summed E-state index contributed by atoms with van der Waals surface area (Å²) in [5, 5.41) is 17.8. The maximum absolute atomic E-state index is 12.7. The number of carbonyl (C=O) groups is 1. The molecule has 0 unspecified atom stereocenters. The lowest BCUT2D eigenvalue weighted by molar-refractivity contribution is 0.0401. The van der Waals surface area contributed by atoms with Gasteiger partial charge in [-0.2, -0.15) is 5.10 Å². The quantitative estimate of drug-likeness (QED) is 0.540. The largest absolute Gasteiger partial charge is 0.496 e. The van der Waals surface area contributed by atoms with Gasteiger partial charge in [0.2, 0.25) is 0 Å². The number of ether oxygens (including phenoxy) is 1. The number of nitrogens with zero attached hydrogens (tertiary/aromatic N) is 4. The van der Waals surface area contributed by atoms with Crippen LogP contribution in [-0.2, 0) is 13.6 Å². The lowest BCUT2D eigenvalue weighted by Gasteiger charge is -2.36. The Bertz CT molecular complexity index is 1120. The van der Waals surface area contributed by atoms with Gasteiger partial charge in [-0.15, -0.1) is 0 Å². The Morgan fingerprint density at radius 2 is 2.20 bits per heavy atom. The van der Waals surface area contributed by atoms with Crippen LogP contribution < -0.4 is 15.6 Å². The van der Waals surface area contributed by atoms with Gasteiger partial charge in [0.1, 0.15) is 17.0 Å². The van der Waals surface area contributed by atoms with Crippen molar-refractivity contribution in [2.75, 3.05) is 20.2 Å². The average molecular weight is 412 g/mol. The maximum atomic E-state index is 12.7. The molecule has 3 heterocycles. The average Bonchev–Trinajstić information content (AvgIpc) is 3.11. The van der Waals surface area contributed by atoms with Gasteiger partial charge >= 0.3 is 0 Å². The van der Waals surface area contributed by atoms with Crippen LogP contribution in [0.1, 0.15) is 22.6 Å². The van der Waals surface area contributed by atoms with E-state index in [0.29, 0.717) is 54.2 Å². The SMILES string of the molecule is COc1ccccc1C(=O)N[C@@H]1CN(Cc2nc3c(cnn3C)c(=O)[nH]2)CC[C@@H]1O. The molecule has 0 spiro atoms. The number of nitrogens with one attached hydrogen (secondary N) is 2. The number of benzene rings is 1. The number of hydrogen-bond acceptors (Lipinski definition) is 7. The molecular weight excluding hydrogens is 388 g/mol. The molecule has 0 saturated carbocycles. The van der Waals surface area contributed by atoms with Crippen LogP contribution in [0.3, 0.4) is 0 Å². The molecule has 2 aromatic heterocycles. The Morgan fingerprint density at radius 1 is 1.40 bits per heavy atom. The van der Waals surface area contributed by atoms with Crippen LogP contribution in [0.5, 0.6) is 5.75 Å². The van der Waals surface area contributed by atoms with Crippen molar-refractivity contribution in [3.8, 4) is 5.75 Å². The lowest BCUT2D eigenvalue weighted by atomic mass is 10.0. The molecule has 1 amide bonds. The highest BCUT2D eigenvalue weighted by Gasteiger charge is 2.30. The summed E-state index contributed by atoms with van der Waals surface area (Å²) in [7, 11) is 3.25. The lowest BCUT2D eigenvalue weighted by Crippen LogP contribution is -2.55. The number of likely N-dealkylation sites (tertiary alicyclic amines) is 1. The van der Waals surface area contributed by atoms with Crippen LogP contribution in [0.2, 0.25) is 0 Å². The van der Waals surface area contributed by atoms with Gasteiger partial charge in [0.15, 0.2) is 5.65 Å². The molecule has 1 aliphatic heterocycles. The van der Waals surface area contributed by atoms with Crippen molar-refractivity contribution in [2.24, 2.45) is 7.05 Å². The molecule has 0 aliphatic carbocycles. The van der Waals surface area contributed by atoms with Crippen LogP contribution in [0.25, 0.3) is 11.0 Å². The third-order valence-electron chi connectivity index (χ3n) is 5.35. The number of aromatic nitrogens is 4. The molecule has 2 atom stereocenters. The van der Waals surface area contributed by atoms with Crippen molar-refractivity contribution in [1.82, 2.24) is 30.0 Å². The van der Waals surface area contributed by atoms with E-state index in [1.807, 2.05) is 4.90 Å². The van der Waals surface area contributed by atoms with Gasteiger partial charge in [0, 0.05) is 20.1 Å². The number of hydrogen-bond donors (Lipinski definition) is 3. The minimum atomic E-state index is -0.661. The summed E-state index contributed by atoms with van der Waals surface area (Å²) >= 11 is 0. The number of methoxy groups -OCH3 is 1. The predicted octanol–water partition coefficient (Wildman–Crippen LogP) is 0.0304. The Morgan fingerprint density at radius 3 is 3.00 bits per heavy atom. The summed E-state index contributed by atoms with van der Waals surface area (Å²) in [5.41, 5.74) is 0.699. The number of H-pyrrole nitrogens is 1. The molecule has 0 bridgehead atoms. The second kappa shape index (κ2) is 8.25. The van der Waals surface area contributed by atoms with Crippen LogP contribution in [0, 0.1) is 0 Å². The second-order valence-electron chi connectivity index (χ2n) is 7.39. The van der Waals surface area contributed by atoms with Gasteiger partial charge in [-0.05, 0) is 18.6 Å². The first-order valence-corrected chi connectivity index (χ1v) is 9.71. The first kappa shape index (κ1) is 20.0. The van der Waals surface area contributed by atoms with Crippen molar-refractivity contribution < 1.29 is 14.6 Å². The summed E-state index contributed by atoms with van der Waals surface area (Å²) in [6, 6.07) is 6.49. The third kappa shape index (κ3) is 3.91. The van der Waals surface area contributed by atoms with Crippen molar-refractivity contribution in [3.63, 3.8) is 0 Å². The fourth-order valence-corrected chi connectivity index (χ4v) is 3.74. The number of carbonyl (C=O) groups excluding carboxylic acids is 1. The first-order chi connectivity index (χ1) is 14.5. The summed E-state index contributed by atoms with van der Waals surface area (Å²) < 4.78 is 6.81. The van der Waals surface area contributed by atoms with Crippen molar-refractivity contribution in [2.45, 2.75) is 25.1 Å². The number of aryl methyl sites for hydroxylation is 1. The third-order valence-corrected chi connectivity index (χ3v) is 5.35. The molecule has 1 saturated heterocycles. The fourth-order valence-electron chi connectivity index (χ4n) is 3.74. The van der Waals surface area contributed by atoms with Crippen molar-refractivity contribution >= 4 is 16.9 Å². The zero-order chi connectivity index (χ0) is 21.3. The fraction of sp³-hybridized carbons (Fsp3) is 0.400. The topological polar surface area (TPSA) is 125 Å². The smallest absolute Gasteiger partial charge is 0.262 e. The Kier molecular flexibility index (Phi) is 5.51. The van der Waals surface area contributed by atoms with E-state index in [0.717, 1.165) is 0 Å². The highest BCUT2D eigenvalue weighted by molar-refractivity contribution is 5.97. The highest BCUT2D eigenvalue weighted by atomic mass is 16.5. The predicted molar refractivity (Wildman–Crippen MR) is 109 cm³/mol. The Labute approximate surface area is 172 Å². The molecule has 1 aliphatic rings. The minimum absolute atomic E-state index is 0.235. The highest BCUT2D eigenvalue weighted by Crippen LogP contribution is 2.19. The number of aromatic amines is 1. The number of amides is 1. The number of piperidine rings is 1. The monoisotopic (exact) mass is 412 g/mol. The summed E-state index contributed by atoms with van der Waals surface area (Å²) in [5.74, 6) is 0.687. The number of rotatable bonds is 5. The summed E-state index contributed by atoms with van der Waals surface area (Å²) in [4.78, 5) is 34.3.